The molecule has 0 aliphatic heterocycles. The van der Waals surface area contributed by atoms with Crippen LogP contribution >= 0.6 is 0 Å². The first kappa shape index (κ1) is 9.65. The zero-order chi connectivity index (χ0) is 10.2. The van der Waals surface area contributed by atoms with Gasteiger partial charge in [-0.15, -0.1) is 10.2 Å². The molecular weight excluding hydrogens is 178 g/mol. The summed E-state index contributed by atoms with van der Waals surface area (Å²) < 4.78 is 1.84. The maximum atomic E-state index is 10.1. The average molecular weight is 195 g/mol. The second-order valence-corrected chi connectivity index (χ2v) is 4.77. The van der Waals surface area contributed by atoms with Crippen molar-refractivity contribution in [1.29, 1.82) is 0 Å². The molecule has 1 aromatic rings. The van der Waals surface area contributed by atoms with Crippen LogP contribution in [0, 0.1) is 11.8 Å². The summed E-state index contributed by atoms with van der Waals surface area (Å²) in [4.78, 5) is 0. The maximum absolute atomic E-state index is 10.1. The molecule has 1 heterocycles. The van der Waals surface area contributed by atoms with Crippen molar-refractivity contribution >= 4 is 0 Å². The number of hydrogen-bond acceptors (Lipinski definition) is 3. The summed E-state index contributed by atoms with van der Waals surface area (Å²) in [7, 11) is 0. The Hall–Kier alpha value is -0.900. The predicted molar refractivity (Wildman–Crippen MR) is 52.5 cm³/mol. The Bertz CT molecular complexity index is 288. The lowest BCUT2D eigenvalue weighted by molar-refractivity contribution is -0.0981. The molecular formula is C10H17N3O. The van der Waals surface area contributed by atoms with Crippen LogP contribution in [0.1, 0.15) is 26.7 Å². The van der Waals surface area contributed by atoms with Crippen LogP contribution in [0.3, 0.4) is 0 Å². The Balaban J connectivity index is 1.89. The summed E-state index contributed by atoms with van der Waals surface area (Å²) in [5.74, 6) is 1.35. The molecule has 4 nitrogen and oxygen atoms in total. The molecule has 0 saturated heterocycles. The molecule has 0 unspecified atom stereocenters. The summed E-state index contributed by atoms with van der Waals surface area (Å²) in [5.41, 5.74) is -0.517. The first-order valence-corrected chi connectivity index (χ1v) is 5.14. The summed E-state index contributed by atoms with van der Waals surface area (Å²) in [6.07, 6.45) is 5.12. The number of hydrogen-bond donors (Lipinski definition) is 1. The highest BCUT2D eigenvalue weighted by atomic mass is 16.3. The average Bonchev–Trinajstić information content (AvgIpc) is 2.51. The third kappa shape index (κ3) is 1.80. The van der Waals surface area contributed by atoms with Crippen LogP contribution in [0.5, 0.6) is 0 Å². The van der Waals surface area contributed by atoms with E-state index in [1.54, 1.807) is 12.7 Å². The van der Waals surface area contributed by atoms with Gasteiger partial charge in [0.05, 0.1) is 12.1 Å². The zero-order valence-corrected chi connectivity index (χ0v) is 8.72. The van der Waals surface area contributed by atoms with Crippen molar-refractivity contribution in [2.24, 2.45) is 11.8 Å². The van der Waals surface area contributed by atoms with Gasteiger partial charge in [-0.05, 0) is 24.7 Å². The van der Waals surface area contributed by atoms with E-state index in [1.807, 2.05) is 4.57 Å². The van der Waals surface area contributed by atoms with Crippen molar-refractivity contribution in [2.75, 3.05) is 0 Å². The molecule has 1 aliphatic rings. The van der Waals surface area contributed by atoms with Gasteiger partial charge < -0.3 is 9.67 Å². The van der Waals surface area contributed by atoms with E-state index >= 15 is 0 Å². The number of rotatable bonds is 3. The van der Waals surface area contributed by atoms with E-state index in [0.29, 0.717) is 18.4 Å². The molecule has 0 amide bonds. The van der Waals surface area contributed by atoms with Gasteiger partial charge in [-0.1, -0.05) is 13.8 Å². The number of aliphatic hydroxyl groups is 1. The minimum Gasteiger partial charge on any atom is -0.388 e. The molecule has 78 valence electrons. The molecule has 1 aromatic heterocycles. The van der Waals surface area contributed by atoms with Gasteiger partial charge in [0, 0.05) is 0 Å². The minimum absolute atomic E-state index is 0.517. The summed E-state index contributed by atoms with van der Waals surface area (Å²) in [6.45, 7) is 5.05. The molecule has 0 bridgehead atoms. The Labute approximate surface area is 84.0 Å². The highest BCUT2D eigenvalue weighted by molar-refractivity contribution is 4.95. The van der Waals surface area contributed by atoms with Gasteiger partial charge in [0.25, 0.3) is 0 Å². The topological polar surface area (TPSA) is 50.9 Å². The van der Waals surface area contributed by atoms with Crippen molar-refractivity contribution in [3.63, 3.8) is 0 Å². The molecule has 4 heteroatoms. The van der Waals surface area contributed by atoms with Crippen molar-refractivity contribution < 1.29 is 5.11 Å². The molecule has 1 aliphatic carbocycles. The van der Waals surface area contributed by atoms with E-state index in [0.717, 1.165) is 12.8 Å². The third-order valence-electron chi connectivity index (χ3n) is 3.17. The monoisotopic (exact) mass is 195 g/mol. The standard InChI is InChI=1S/C10H17N3O/c1-8(2)9-3-10(14,4-9)5-13-6-11-12-7-13/h6-9,14H,3-5H2,1-2H3/t9-,10-. The molecule has 0 atom stereocenters. The molecule has 2 rings (SSSR count). The molecule has 1 fully saturated rings. The van der Waals surface area contributed by atoms with Gasteiger partial charge in [-0.2, -0.15) is 0 Å². The van der Waals surface area contributed by atoms with Crippen LogP contribution in [0.4, 0.5) is 0 Å². The van der Waals surface area contributed by atoms with Crippen LogP contribution < -0.4 is 0 Å². The lowest BCUT2D eigenvalue weighted by atomic mass is 9.66. The number of aromatic nitrogens is 3. The van der Waals surface area contributed by atoms with Gasteiger partial charge in [-0.25, -0.2) is 0 Å². The van der Waals surface area contributed by atoms with Crippen molar-refractivity contribution in [3.05, 3.63) is 12.7 Å². The van der Waals surface area contributed by atoms with E-state index < -0.39 is 5.60 Å². The van der Waals surface area contributed by atoms with Gasteiger partial charge in [0.1, 0.15) is 12.7 Å². The van der Waals surface area contributed by atoms with Crippen LogP contribution in [-0.4, -0.2) is 25.5 Å². The van der Waals surface area contributed by atoms with Crippen LogP contribution in [0.15, 0.2) is 12.7 Å². The lowest BCUT2D eigenvalue weighted by Crippen LogP contribution is -2.48. The summed E-state index contributed by atoms with van der Waals surface area (Å²) in [6, 6.07) is 0. The van der Waals surface area contributed by atoms with Crippen LogP contribution in [0.25, 0.3) is 0 Å². The van der Waals surface area contributed by atoms with Crippen LogP contribution in [-0.2, 0) is 6.54 Å². The minimum atomic E-state index is -0.517. The van der Waals surface area contributed by atoms with Crippen molar-refractivity contribution in [3.8, 4) is 0 Å². The zero-order valence-electron chi connectivity index (χ0n) is 8.72. The fourth-order valence-electron chi connectivity index (χ4n) is 2.16. The largest absolute Gasteiger partial charge is 0.388 e. The molecule has 1 saturated carbocycles. The SMILES string of the molecule is CC(C)[C@H]1C[C@@](O)(Cn2cnnc2)C1. The maximum Gasteiger partial charge on any atom is 0.119 e. The Morgan fingerprint density at radius 3 is 2.50 bits per heavy atom. The van der Waals surface area contributed by atoms with Crippen molar-refractivity contribution in [2.45, 2.75) is 38.8 Å². The first-order chi connectivity index (χ1) is 6.59. The highest BCUT2D eigenvalue weighted by Gasteiger charge is 2.43. The summed E-state index contributed by atoms with van der Waals surface area (Å²) >= 11 is 0. The quantitative estimate of drug-likeness (QED) is 0.785. The molecule has 1 N–H and O–H groups in total. The van der Waals surface area contributed by atoms with Crippen molar-refractivity contribution in [1.82, 2.24) is 14.8 Å². The first-order valence-electron chi connectivity index (χ1n) is 5.14. The van der Waals surface area contributed by atoms with Gasteiger partial charge in [0.15, 0.2) is 0 Å². The Morgan fingerprint density at radius 2 is 2.00 bits per heavy atom. The Morgan fingerprint density at radius 1 is 1.43 bits per heavy atom. The van der Waals surface area contributed by atoms with Gasteiger partial charge in [-0.3, -0.25) is 0 Å². The molecule has 0 aromatic carbocycles. The molecule has 14 heavy (non-hydrogen) atoms. The fraction of sp³-hybridized carbons (Fsp3) is 0.800. The van der Waals surface area contributed by atoms with E-state index in [-0.39, 0.29) is 0 Å². The summed E-state index contributed by atoms with van der Waals surface area (Å²) in [5, 5.41) is 17.6. The number of nitrogens with zero attached hydrogens (tertiary/aromatic N) is 3. The van der Waals surface area contributed by atoms with Crippen LogP contribution in [0.2, 0.25) is 0 Å². The third-order valence-corrected chi connectivity index (χ3v) is 3.17. The van der Waals surface area contributed by atoms with Gasteiger partial charge >= 0.3 is 0 Å². The smallest absolute Gasteiger partial charge is 0.119 e. The fourth-order valence-corrected chi connectivity index (χ4v) is 2.16. The molecule has 0 spiro atoms. The second-order valence-electron chi connectivity index (χ2n) is 4.77. The highest BCUT2D eigenvalue weighted by Crippen LogP contribution is 2.42. The van der Waals surface area contributed by atoms with Gasteiger partial charge in [0.2, 0.25) is 0 Å². The van der Waals surface area contributed by atoms with E-state index in [2.05, 4.69) is 24.0 Å². The second kappa shape index (κ2) is 3.35. The normalized spacial score (nSPS) is 31.9. The van der Waals surface area contributed by atoms with E-state index in [9.17, 15) is 5.11 Å². The Kier molecular flexibility index (Phi) is 2.31. The van der Waals surface area contributed by atoms with E-state index in [1.165, 1.54) is 0 Å². The van der Waals surface area contributed by atoms with E-state index in [4.69, 9.17) is 0 Å². The predicted octanol–water partition coefficient (Wildman–Crippen LogP) is 1.08. The molecule has 0 radical (unpaired) electrons. The lowest BCUT2D eigenvalue weighted by Gasteiger charge is -2.45.